The summed E-state index contributed by atoms with van der Waals surface area (Å²) in [5.41, 5.74) is 2.89. The minimum absolute atomic E-state index is 0.00526. The average Bonchev–Trinajstić information content (AvgIpc) is 2.56. The van der Waals surface area contributed by atoms with Gasteiger partial charge in [-0.25, -0.2) is 4.79 Å². The fourth-order valence-electron chi connectivity index (χ4n) is 2.08. The predicted molar refractivity (Wildman–Crippen MR) is 93.6 cm³/mol. The molecule has 0 unspecified atom stereocenters. The van der Waals surface area contributed by atoms with E-state index in [2.05, 4.69) is 16.8 Å². The van der Waals surface area contributed by atoms with E-state index in [1.54, 1.807) is 32.9 Å². The Morgan fingerprint density at radius 3 is 2.08 bits per heavy atom. The molecule has 0 radical (unpaired) electrons. The Kier molecular flexibility index (Phi) is 5.38. The number of hydrogen-bond donors (Lipinski definition) is 0. The molecule has 0 bridgehead atoms. The van der Waals surface area contributed by atoms with Gasteiger partial charge >= 0.3 is 5.97 Å². The molecule has 0 heterocycles. The molecule has 2 aromatic carbocycles. The highest BCUT2D eigenvalue weighted by atomic mass is 16.6. The van der Waals surface area contributed by atoms with Crippen LogP contribution in [0.1, 0.15) is 18.1 Å². The van der Waals surface area contributed by atoms with E-state index in [-0.39, 0.29) is 5.69 Å². The fraction of sp³-hybridized carbons (Fsp3) is 0.167. The number of nitrogens with zero attached hydrogens (tertiary/aromatic N) is 3. The maximum Gasteiger partial charge on any atom is 0.338 e. The van der Waals surface area contributed by atoms with Gasteiger partial charge in [0.2, 0.25) is 0 Å². The number of nitro benzene ring substituents is 1. The van der Waals surface area contributed by atoms with Crippen molar-refractivity contribution in [2.45, 2.75) is 20.8 Å². The standard InChI is InChI=1S/C18H17N3O4/c1-11(2)18(22)25-17-12(3)9-15(10-13(17)4)20-19-14-5-7-16(8-6-14)21(23)24/h5-10H,1H2,2-4H3. The molecule has 7 heteroatoms. The lowest BCUT2D eigenvalue weighted by molar-refractivity contribution is -0.384. The molecule has 2 aromatic rings. The van der Waals surface area contributed by atoms with Gasteiger partial charge in [0.25, 0.3) is 5.69 Å². The molecule has 128 valence electrons. The summed E-state index contributed by atoms with van der Waals surface area (Å²) in [4.78, 5) is 21.8. The Hall–Kier alpha value is -3.35. The first-order valence-electron chi connectivity index (χ1n) is 7.43. The monoisotopic (exact) mass is 339 g/mol. The van der Waals surface area contributed by atoms with Crippen LogP contribution < -0.4 is 4.74 Å². The van der Waals surface area contributed by atoms with Gasteiger partial charge in [0.05, 0.1) is 16.3 Å². The second-order valence-electron chi connectivity index (χ2n) is 5.55. The van der Waals surface area contributed by atoms with Crippen molar-refractivity contribution in [3.63, 3.8) is 0 Å². The summed E-state index contributed by atoms with van der Waals surface area (Å²) in [6.07, 6.45) is 0. The van der Waals surface area contributed by atoms with E-state index in [1.807, 2.05) is 0 Å². The minimum Gasteiger partial charge on any atom is -0.423 e. The number of rotatable bonds is 5. The Morgan fingerprint density at radius 1 is 1.08 bits per heavy atom. The van der Waals surface area contributed by atoms with E-state index in [0.717, 1.165) is 11.1 Å². The molecule has 0 spiro atoms. The number of non-ortho nitro benzene ring substituents is 1. The van der Waals surface area contributed by atoms with Crippen LogP contribution in [0.3, 0.4) is 0 Å². The first kappa shape index (κ1) is 18.0. The normalized spacial score (nSPS) is 10.7. The number of hydrogen-bond acceptors (Lipinski definition) is 6. The summed E-state index contributed by atoms with van der Waals surface area (Å²) in [7, 11) is 0. The molecule has 7 nitrogen and oxygen atoms in total. The Balaban J connectivity index is 2.21. The van der Waals surface area contributed by atoms with Crippen molar-refractivity contribution in [2.24, 2.45) is 10.2 Å². The number of azo groups is 1. The van der Waals surface area contributed by atoms with E-state index < -0.39 is 10.9 Å². The third kappa shape index (κ3) is 4.57. The lowest BCUT2D eigenvalue weighted by Gasteiger charge is -2.11. The molecule has 0 saturated carbocycles. The number of ether oxygens (including phenoxy) is 1. The van der Waals surface area contributed by atoms with Gasteiger partial charge in [-0.15, -0.1) is 0 Å². The van der Waals surface area contributed by atoms with Crippen molar-refractivity contribution in [1.29, 1.82) is 0 Å². The SMILES string of the molecule is C=C(C)C(=O)Oc1c(C)cc(N=Nc2ccc([N+](=O)[O-])cc2)cc1C. The van der Waals surface area contributed by atoms with Gasteiger partial charge in [-0.3, -0.25) is 10.1 Å². The number of aryl methyl sites for hydroxylation is 2. The van der Waals surface area contributed by atoms with Crippen LogP contribution in [-0.4, -0.2) is 10.9 Å². The quantitative estimate of drug-likeness (QED) is 0.189. The van der Waals surface area contributed by atoms with Crippen LogP contribution in [-0.2, 0) is 4.79 Å². The smallest absolute Gasteiger partial charge is 0.338 e. The number of nitro groups is 1. The zero-order valence-electron chi connectivity index (χ0n) is 14.1. The van der Waals surface area contributed by atoms with Crippen molar-refractivity contribution in [3.05, 3.63) is 69.8 Å². The van der Waals surface area contributed by atoms with Crippen LogP contribution >= 0.6 is 0 Å². The third-order valence-electron chi connectivity index (χ3n) is 3.33. The van der Waals surface area contributed by atoms with Crippen molar-refractivity contribution < 1.29 is 14.5 Å². The molecule has 0 aliphatic heterocycles. The lowest BCUT2D eigenvalue weighted by Crippen LogP contribution is -2.10. The topological polar surface area (TPSA) is 94.2 Å². The highest BCUT2D eigenvalue weighted by Crippen LogP contribution is 2.30. The molecule has 25 heavy (non-hydrogen) atoms. The van der Waals surface area contributed by atoms with Crippen molar-refractivity contribution in [1.82, 2.24) is 0 Å². The summed E-state index contributed by atoms with van der Waals surface area (Å²) < 4.78 is 5.32. The number of benzene rings is 2. The molecule has 0 aromatic heterocycles. The van der Waals surface area contributed by atoms with Crippen LogP contribution in [0, 0.1) is 24.0 Å². The van der Waals surface area contributed by atoms with Gasteiger partial charge in [-0.1, -0.05) is 6.58 Å². The van der Waals surface area contributed by atoms with Crippen LogP contribution in [0.2, 0.25) is 0 Å². The van der Waals surface area contributed by atoms with E-state index in [1.165, 1.54) is 24.3 Å². The molecule has 0 aliphatic rings. The maximum atomic E-state index is 11.7. The zero-order valence-corrected chi connectivity index (χ0v) is 14.1. The van der Waals surface area contributed by atoms with E-state index >= 15 is 0 Å². The highest BCUT2D eigenvalue weighted by molar-refractivity contribution is 5.89. The minimum atomic E-state index is -0.480. The summed E-state index contributed by atoms with van der Waals surface area (Å²) in [6, 6.07) is 9.25. The molecule has 0 atom stereocenters. The molecule has 0 fully saturated rings. The maximum absolute atomic E-state index is 11.7. The van der Waals surface area contributed by atoms with Crippen LogP contribution in [0.5, 0.6) is 5.75 Å². The van der Waals surface area contributed by atoms with E-state index in [4.69, 9.17) is 4.74 Å². The summed E-state index contributed by atoms with van der Waals surface area (Å²) in [5.74, 6) is -0.00579. The first-order chi connectivity index (χ1) is 11.8. The average molecular weight is 339 g/mol. The van der Waals surface area contributed by atoms with Crippen molar-refractivity contribution in [2.75, 3.05) is 0 Å². The molecule has 0 aliphatic carbocycles. The second-order valence-corrected chi connectivity index (χ2v) is 5.55. The van der Waals surface area contributed by atoms with E-state index in [0.29, 0.717) is 22.7 Å². The highest BCUT2D eigenvalue weighted by Gasteiger charge is 2.12. The Bertz CT molecular complexity index is 847. The summed E-state index contributed by atoms with van der Waals surface area (Å²) in [5, 5.41) is 18.8. The number of carbonyl (C=O) groups is 1. The van der Waals surface area contributed by atoms with Crippen LogP contribution in [0.15, 0.2) is 58.8 Å². The summed E-state index contributed by atoms with van der Waals surface area (Å²) in [6.45, 7) is 8.75. The first-order valence-corrected chi connectivity index (χ1v) is 7.43. The Morgan fingerprint density at radius 2 is 1.60 bits per heavy atom. The molecular formula is C18H17N3O4. The van der Waals surface area contributed by atoms with Gasteiger partial charge in [0, 0.05) is 17.7 Å². The second kappa shape index (κ2) is 7.48. The largest absolute Gasteiger partial charge is 0.423 e. The predicted octanol–water partition coefficient (Wildman–Crippen LogP) is 5.11. The van der Waals surface area contributed by atoms with Gasteiger partial charge in [0.15, 0.2) is 0 Å². The van der Waals surface area contributed by atoms with Crippen molar-refractivity contribution in [3.8, 4) is 5.75 Å². The van der Waals surface area contributed by atoms with Crippen molar-refractivity contribution >= 4 is 23.0 Å². The van der Waals surface area contributed by atoms with Gasteiger partial charge in [0.1, 0.15) is 5.75 Å². The van der Waals surface area contributed by atoms with Crippen LogP contribution in [0.25, 0.3) is 0 Å². The number of carbonyl (C=O) groups excluding carboxylic acids is 1. The van der Waals surface area contributed by atoms with Gasteiger partial charge < -0.3 is 4.74 Å². The lowest BCUT2D eigenvalue weighted by atomic mass is 10.1. The summed E-state index contributed by atoms with van der Waals surface area (Å²) >= 11 is 0. The number of esters is 1. The van der Waals surface area contributed by atoms with Gasteiger partial charge in [-0.2, -0.15) is 10.2 Å². The fourth-order valence-corrected chi connectivity index (χ4v) is 2.08. The molecular weight excluding hydrogens is 322 g/mol. The molecule has 0 saturated heterocycles. The molecule has 2 rings (SSSR count). The third-order valence-corrected chi connectivity index (χ3v) is 3.33. The van der Waals surface area contributed by atoms with Crippen LogP contribution in [0.4, 0.5) is 17.1 Å². The molecule has 0 N–H and O–H groups in total. The van der Waals surface area contributed by atoms with E-state index in [9.17, 15) is 14.9 Å². The van der Waals surface area contributed by atoms with Gasteiger partial charge in [-0.05, 0) is 56.2 Å². The Labute approximate surface area is 144 Å². The molecule has 0 amide bonds. The zero-order chi connectivity index (χ0) is 18.6.